The number of methoxy groups -OCH3 is 2. The van der Waals surface area contributed by atoms with Crippen molar-refractivity contribution in [1.82, 2.24) is 9.29 Å². The largest absolute Gasteiger partial charge is 0.493 e. The number of aromatic nitrogens is 1. The fraction of sp³-hybridized carbons (Fsp3) is 0.435. The Morgan fingerprint density at radius 3 is 2.52 bits per heavy atom. The second kappa shape index (κ2) is 9.28. The Hall–Kier alpha value is -2.58. The molecule has 1 aromatic heterocycles. The predicted molar refractivity (Wildman–Crippen MR) is 120 cm³/mol. The van der Waals surface area contributed by atoms with E-state index >= 15 is 0 Å². The summed E-state index contributed by atoms with van der Waals surface area (Å²) in [7, 11) is -0.763. The van der Waals surface area contributed by atoms with Crippen molar-refractivity contribution in [3.63, 3.8) is 0 Å². The number of nitrogens with zero attached hydrogens (tertiary/aromatic N) is 2. The first-order valence-corrected chi connectivity index (χ1v) is 11.7. The second-order valence-corrected chi connectivity index (χ2v) is 9.87. The smallest absolute Gasteiger partial charge is 0.243 e. The Morgan fingerprint density at radius 1 is 1.10 bits per heavy atom. The summed E-state index contributed by atoms with van der Waals surface area (Å²) in [4.78, 5) is 4.79. The Morgan fingerprint density at radius 2 is 1.84 bits per heavy atom. The van der Waals surface area contributed by atoms with Crippen LogP contribution < -0.4 is 14.2 Å². The zero-order valence-electron chi connectivity index (χ0n) is 18.7. The first-order valence-electron chi connectivity index (χ1n) is 10.3. The molecule has 1 aliphatic rings. The van der Waals surface area contributed by atoms with Gasteiger partial charge in [0.25, 0.3) is 0 Å². The van der Waals surface area contributed by atoms with Gasteiger partial charge in [0.1, 0.15) is 17.0 Å². The van der Waals surface area contributed by atoms with Crippen LogP contribution in [-0.2, 0) is 16.6 Å². The van der Waals surface area contributed by atoms with Gasteiger partial charge in [-0.25, -0.2) is 13.4 Å². The molecule has 1 aromatic carbocycles. The van der Waals surface area contributed by atoms with Gasteiger partial charge in [-0.15, -0.1) is 0 Å². The normalized spacial score (nSPS) is 14.8. The SMILES string of the molecule is CCCCN(Cc1ccc2c(n1)C=CC(C)(C)O2)S(=O)(=O)c1ccc(OC)c(OC)c1. The topological polar surface area (TPSA) is 78.0 Å². The third-order valence-corrected chi connectivity index (χ3v) is 6.89. The van der Waals surface area contributed by atoms with Crippen LogP contribution in [0.2, 0.25) is 0 Å². The summed E-state index contributed by atoms with van der Waals surface area (Å²) < 4.78 is 44.8. The molecule has 1 aliphatic heterocycles. The number of unbranched alkanes of at least 4 members (excludes halogenated alkanes) is 1. The van der Waals surface area contributed by atoms with E-state index in [0.29, 0.717) is 35.2 Å². The average molecular weight is 447 g/mol. The van der Waals surface area contributed by atoms with Gasteiger partial charge >= 0.3 is 0 Å². The molecule has 0 amide bonds. The third kappa shape index (κ3) is 5.19. The summed E-state index contributed by atoms with van der Waals surface area (Å²) in [5.41, 5.74) is 0.975. The molecule has 2 aromatic rings. The molecule has 31 heavy (non-hydrogen) atoms. The van der Waals surface area contributed by atoms with E-state index in [-0.39, 0.29) is 17.0 Å². The van der Waals surface area contributed by atoms with Gasteiger partial charge in [0.15, 0.2) is 11.5 Å². The lowest BCUT2D eigenvalue weighted by Crippen LogP contribution is -2.32. The summed E-state index contributed by atoms with van der Waals surface area (Å²) in [5.74, 6) is 1.54. The van der Waals surface area contributed by atoms with Crippen LogP contribution in [0.15, 0.2) is 41.3 Å². The number of sulfonamides is 1. The highest BCUT2D eigenvalue weighted by molar-refractivity contribution is 7.89. The second-order valence-electron chi connectivity index (χ2n) is 7.93. The molecule has 0 aliphatic carbocycles. The maximum absolute atomic E-state index is 13.4. The summed E-state index contributed by atoms with van der Waals surface area (Å²) in [6.07, 6.45) is 5.48. The van der Waals surface area contributed by atoms with Crippen LogP contribution in [0.3, 0.4) is 0 Å². The van der Waals surface area contributed by atoms with Crippen molar-refractivity contribution in [2.45, 2.75) is 50.7 Å². The Bertz CT molecular complexity index is 1060. The minimum Gasteiger partial charge on any atom is -0.493 e. The van der Waals surface area contributed by atoms with Crippen LogP contribution >= 0.6 is 0 Å². The number of hydrogen-bond donors (Lipinski definition) is 0. The van der Waals surface area contributed by atoms with E-state index in [2.05, 4.69) is 4.98 Å². The number of pyridine rings is 1. The molecule has 0 spiro atoms. The van der Waals surface area contributed by atoms with E-state index < -0.39 is 10.0 Å². The highest BCUT2D eigenvalue weighted by atomic mass is 32.2. The average Bonchev–Trinajstić information content (AvgIpc) is 2.75. The van der Waals surface area contributed by atoms with Gasteiger partial charge < -0.3 is 14.2 Å². The quantitative estimate of drug-likeness (QED) is 0.572. The lowest BCUT2D eigenvalue weighted by atomic mass is 10.1. The molecular formula is C23H30N2O5S. The van der Waals surface area contributed by atoms with Crippen LogP contribution in [0.5, 0.6) is 17.2 Å². The van der Waals surface area contributed by atoms with Crippen molar-refractivity contribution in [1.29, 1.82) is 0 Å². The standard InChI is InChI=1S/C23H30N2O5S/c1-6-7-14-25(31(26,27)18-9-11-21(28-4)22(15-18)29-5)16-17-8-10-20-19(24-17)12-13-23(2,3)30-20/h8-13,15H,6-7,14,16H2,1-5H3. The molecule has 168 valence electrons. The first kappa shape index (κ1) is 23.1. The third-order valence-electron chi connectivity index (χ3n) is 5.05. The number of ether oxygens (including phenoxy) is 3. The summed E-state index contributed by atoms with van der Waals surface area (Å²) >= 11 is 0. The van der Waals surface area contributed by atoms with Gasteiger partial charge in [-0.05, 0) is 56.7 Å². The number of fused-ring (bicyclic) bond motifs is 1. The van der Waals surface area contributed by atoms with Crippen molar-refractivity contribution < 1.29 is 22.6 Å². The van der Waals surface area contributed by atoms with E-state index in [1.807, 2.05) is 45.1 Å². The fourth-order valence-corrected chi connectivity index (χ4v) is 4.79. The van der Waals surface area contributed by atoms with Crippen molar-refractivity contribution in [3.8, 4) is 17.2 Å². The molecule has 0 fully saturated rings. The fourth-order valence-electron chi connectivity index (χ4n) is 3.32. The maximum atomic E-state index is 13.4. The van der Waals surface area contributed by atoms with Crippen LogP contribution in [-0.4, -0.2) is 44.1 Å². The lowest BCUT2D eigenvalue weighted by molar-refractivity contribution is 0.158. The van der Waals surface area contributed by atoms with Crippen LogP contribution in [0, 0.1) is 0 Å². The van der Waals surface area contributed by atoms with Gasteiger partial charge in [0.05, 0.1) is 31.4 Å². The van der Waals surface area contributed by atoms with Crippen LogP contribution in [0.1, 0.15) is 45.0 Å². The van der Waals surface area contributed by atoms with Crippen molar-refractivity contribution in [3.05, 3.63) is 47.8 Å². The van der Waals surface area contributed by atoms with E-state index in [1.165, 1.54) is 30.7 Å². The van der Waals surface area contributed by atoms with E-state index in [0.717, 1.165) is 12.8 Å². The minimum absolute atomic E-state index is 0.157. The monoisotopic (exact) mass is 446 g/mol. The summed E-state index contributed by atoms with van der Waals surface area (Å²) in [6.45, 7) is 6.54. The zero-order chi connectivity index (χ0) is 22.6. The van der Waals surface area contributed by atoms with Gasteiger partial charge in [-0.2, -0.15) is 4.31 Å². The van der Waals surface area contributed by atoms with Crippen molar-refractivity contribution in [2.24, 2.45) is 0 Å². The molecule has 2 heterocycles. The molecule has 0 bridgehead atoms. The highest BCUT2D eigenvalue weighted by Crippen LogP contribution is 2.32. The van der Waals surface area contributed by atoms with Gasteiger partial charge in [-0.3, -0.25) is 0 Å². The minimum atomic E-state index is -3.76. The molecule has 0 atom stereocenters. The van der Waals surface area contributed by atoms with E-state index in [4.69, 9.17) is 14.2 Å². The lowest BCUT2D eigenvalue weighted by Gasteiger charge is -2.28. The van der Waals surface area contributed by atoms with Gasteiger partial charge in [0, 0.05) is 12.6 Å². The van der Waals surface area contributed by atoms with Gasteiger partial charge in [-0.1, -0.05) is 13.3 Å². The van der Waals surface area contributed by atoms with Crippen LogP contribution in [0.25, 0.3) is 6.08 Å². The Balaban J connectivity index is 1.92. The summed E-state index contributed by atoms with van der Waals surface area (Å²) in [6, 6.07) is 8.30. The zero-order valence-corrected chi connectivity index (χ0v) is 19.5. The maximum Gasteiger partial charge on any atom is 0.243 e. The number of benzene rings is 1. The molecule has 0 unspecified atom stereocenters. The summed E-state index contributed by atoms with van der Waals surface area (Å²) in [5, 5.41) is 0. The Kier molecular flexibility index (Phi) is 6.91. The van der Waals surface area contributed by atoms with Crippen LogP contribution in [0.4, 0.5) is 0 Å². The molecule has 0 saturated carbocycles. The number of hydrogen-bond acceptors (Lipinski definition) is 6. The highest BCUT2D eigenvalue weighted by Gasteiger charge is 2.27. The van der Waals surface area contributed by atoms with E-state index in [1.54, 1.807) is 6.07 Å². The molecule has 8 heteroatoms. The molecular weight excluding hydrogens is 416 g/mol. The number of rotatable bonds is 9. The Labute approximate surface area is 184 Å². The first-order chi connectivity index (χ1) is 14.7. The molecule has 0 radical (unpaired) electrons. The predicted octanol–water partition coefficient (Wildman–Crippen LogP) is 4.27. The molecule has 3 rings (SSSR count). The molecule has 0 N–H and O–H groups in total. The van der Waals surface area contributed by atoms with Gasteiger partial charge in [0.2, 0.25) is 10.0 Å². The van der Waals surface area contributed by atoms with E-state index in [9.17, 15) is 8.42 Å². The van der Waals surface area contributed by atoms with Crippen molar-refractivity contribution in [2.75, 3.05) is 20.8 Å². The van der Waals surface area contributed by atoms with Crippen molar-refractivity contribution >= 4 is 16.1 Å². The molecule has 7 nitrogen and oxygen atoms in total. The molecule has 0 saturated heterocycles.